The summed E-state index contributed by atoms with van der Waals surface area (Å²) in [6, 6.07) is 15.5. The summed E-state index contributed by atoms with van der Waals surface area (Å²) >= 11 is 1.48. The largest absolute Gasteiger partial charge is 0.497 e. The van der Waals surface area contributed by atoms with Crippen molar-refractivity contribution < 1.29 is 14.3 Å². The number of hydrogen-bond donors (Lipinski definition) is 1. The van der Waals surface area contributed by atoms with Crippen LogP contribution >= 0.6 is 11.3 Å². The summed E-state index contributed by atoms with van der Waals surface area (Å²) in [5.74, 6) is 1.55. The predicted molar refractivity (Wildman–Crippen MR) is 107 cm³/mol. The highest BCUT2D eigenvalue weighted by atomic mass is 32.1. The summed E-state index contributed by atoms with van der Waals surface area (Å²) in [5.41, 5.74) is 2.13. The van der Waals surface area contributed by atoms with Crippen LogP contribution in [0.25, 0.3) is 10.4 Å². The van der Waals surface area contributed by atoms with Gasteiger partial charge in [-0.2, -0.15) is 0 Å². The average Bonchev–Trinajstić information content (AvgIpc) is 3.17. The van der Waals surface area contributed by atoms with Crippen LogP contribution in [-0.2, 0) is 4.79 Å². The first-order valence-corrected chi connectivity index (χ1v) is 9.58. The van der Waals surface area contributed by atoms with Crippen LogP contribution in [0.4, 0.5) is 0 Å². The van der Waals surface area contributed by atoms with Crippen LogP contribution in [-0.4, -0.2) is 18.0 Å². The summed E-state index contributed by atoms with van der Waals surface area (Å²) in [6.07, 6.45) is 2.29. The molecule has 1 aromatic heterocycles. The van der Waals surface area contributed by atoms with Crippen molar-refractivity contribution in [1.82, 2.24) is 10.3 Å². The van der Waals surface area contributed by atoms with E-state index in [1.807, 2.05) is 62.4 Å². The summed E-state index contributed by atoms with van der Waals surface area (Å²) in [5, 5.41) is 3.55. The monoisotopic (exact) mass is 382 g/mol. The predicted octanol–water partition coefficient (Wildman–Crippen LogP) is 5.20. The zero-order valence-corrected chi connectivity index (χ0v) is 16.4. The molecule has 140 valence electrons. The second kappa shape index (κ2) is 8.68. The molecule has 0 aliphatic rings. The van der Waals surface area contributed by atoms with Gasteiger partial charge in [0, 0.05) is 12.6 Å². The Morgan fingerprint density at radius 1 is 1.11 bits per heavy atom. The highest BCUT2D eigenvalue weighted by Gasteiger charge is 2.10. The fourth-order valence-corrected chi connectivity index (χ4v) is 3.34. The Balaban J connectivity index is 1.67. The minimum atomic E-state index is -0.0121. The number of nitrogens with one attached hydrogen (secondary N) is 1. The molecule has 3 rings (SSSR count). The molecule has 6 heteroatoms. The number of benzene rings is 2. The number of rotatable bonds is 7. The molecule has 0 saturated heterocycles. The Bertz CT molecular complexity index is 889. The van der Waals surface area contributed by atoms with Gasteiger partial charge in [0.15, 0.2) is 0 Å². The van der Waals surface area contributed by atoms with Gasteiger partial charge in [-0.15, -0.1) is 0 Å². The Labute approximate surface area is 163 Å². The van der Waals surface area contributed by atoms with E-state index >= 15 is 0 Å². The molecule has 3 aromatic rings. The highest BCUT2D eigenvalue weighted by Crippen LogP contribution is 2.33. The van der Waals surface area contributed by atoms with E-state index in [0.29, 0.717) is 17.4 Å². The number of nitrogens with zero attached hydrogens (tertiary/aromatic N) is 1. The van der Waals surface area contributed by atoms with Gasteiger partial charge in [-0.1, -0.05) is 42.5 Å². The standard InChI is InChI=1S/C21H22N2O3S/c1-4-20(24)23-14(2)15-5-7-16(8-6-15)19-13-22-21(27-19)26-18-11-9-17(25-3)10-12-18/h5-14H,4H2,1-3H3,(H,23,24). The quantitative estimate of drug-likeness (QED) is 0.610. The molecule has 0 spiro atoms. The SMILES string of the molecule is CCC(=O)NC(C)c1ccc(-c2cnc(Oc3ccc(OC)cc3)s2)cc1. The Hall–Kier alpha value is -2.86. The fraction of sp³-hybridized carbons (Fsp3) is 0.238. The van der Waals surface area contributed by atoms with E-state index in [2.05, 4.69) is 10.3 Å². The summed E-state index contributed by atoms with van der Waals surface area (Å²) < 4.78 is 10.9. The van der Waals surface area contributed by atoms with E-state index in [-0.39, 0.29) is 11.9 Å². The first kappa shape index (κ1) is 18.9. The molecule has 0 bridgehead atoms. The van der Waals surface area contributed by atoms with Gasteiger partial charge < -0.3 is 14.8 Å². The lowest BCUT2D eigenvalue weighted by molar-refractivity contribution is -0.121. The van der Waals surface area contributed by atoms with Crippen molar-refractivity contribution in [3.63, 3.8) is 0 Å². The molecule has 1 heterocycles. The van der Waals surface area contributed by atoms with E-state index in [4.69, 9.17) is 9.47 Å². The maximum Gasteiger partial charge on any atom is 0.279 e. The van der Waals surface area contributed by atoms with E-state index in [9.17, 15) is 4.79 Å². The Morgan fingerprint density at radius 3 is 2.41 bits per heavy atom. The van der Waals surface area contributed by atoms with Crippen LogP contribution < -0.4 is 14.8 Å². The van der Waals surface area contributed by atoms with Crippen LogP contribution in [0.3, 0.4) is 0 Å². The van der Waals surface area contributed by atoms with Gasteiger partial charge in [0.05, 0.1) is 18.0 Å². The summed E-state index contributed by atoms with van der Waals surface area (Å²) in [7, 11) is 1.63. The number of carbonyl (C=O) groups excluding carboxylic acids is 1. The molecular weight excluding hydrogens is 360 g/mol. The van der Waals surface area contributed by atoms with Crippen molar-refractivity contribution >= 4 is 17.2 Å². The van der Waals surface area contributed by atoms with Crippen molar-refractivity contribution in [3.05, 3.63) is 60.3 Å². The number of ether oxygens (including phenoxy) is 2. The van der Waals surface area contributed by atoms with E-state index in [0.717, 1.165) is 21.8 Å². The minimum absolute atomic E-state index is 0.0121. The third kappa shape index (κ3) is 4.86. The number of methoxy groups -OCH3 is 1. The maximum atomic E-state index is 11.5. The number of carbonyl (C=O) groups is 1. The second-order valence-electron chi connectivity index (χ2n) is 6.03. The highest BCUT2D eigenvalue weighted by molar-refractivity contribution is 7.16. The van der Waals surface area contributed by atoms with E-state index < -0.39 is 0 Å². The van der Waals surface area contributed by atoms with Crippen molar-refractivity contribution in [2.24, 2.45) is 0 Å². The van der Waals surface area contributed by atoms with Gasteiger partial charge in [-0.3, -0.25) is 4.79 Å². The number of amides is 1. The van der Waals surface area contributed by atoms with Gasteiger partial charge in [0.25, 0.3) is 5.19 Å². The molecule has 0 aliphatic carbocycles. The topological polar surface area (TPSA) is 60.5 Å². The molecule has 0 aliphatic heterocycles. The molecule has 2 aromatic carbocycles. The minimum Gasteiger partial charge on any atom is -0.497 e. The lowest BCUT2D eigenvalue weighted by Gasteiger charge is -2.14. The normalized spacial score (nSPS) is 11.7. The molecule has 27 heavy (non-hydrogen) atoms. The lowest BCUT2D eigenvalue weighted by atomic mass is 10.1. The molecule has 5 nitrogen and oxygen atoms in total. The maximum absolute atomic E-state index is 11.5. The Kier molecular flexibility index (Phi) is 6.08. The van der Waals surface area contributed by atoms with Crippen molar-refractivity contribution in [3.8, 4) is 27.1 Å². The van der Waals surface area contributed by atoms with Crippen molar-refractivity contribution in [2.75, 3.05) is 7.11 Å². The third-order valence-electron chi connectivity index (χ3n) is 4.14. The molecule has 0 saturated carbocycles. The number of thiazole rings is 1. The van der Waals surface area contributed by atoms with Gasteiger partial charge in [-0.05, 0) is 42.3 Å². The van der Waals surface area contributed by atoms with Crippen molar-refractivity contribution in [1.29, 1.82) is 0 Å². The number of aromatic nitrogens is 1. The molecule has 1 amide bonds. The van der Waals surface area contributed by atoms with Gasteiger partial charge in [0.2, 0.25) is 5.91 Å². The second-order valence-corrected chi connectivity index (χ2v) is 7.03. The van der Waals surface area contributed by atoms with Crippen LogP contribution in [0.2, 0.25) is 0 Å². The number of hydrogen-bond acceptors (Lipinski definition) is 5. The average molecular weight is 382 g/mol. The van der Waals surface area contributed by atoms with Gasteiger partial charge in [-0.25, -0.2) is 4.98 Å². The van der Waals surface area contributed by atoms with E-state index in [1.54, 1.807) is 13.3 Å². The molecule has 1 atom stereocenters. The Morgan fingerprint density at radius 2 is 1.78 bits per heavy atom. The summed E-state index contributed by atoms with van der Waals surface area (Å²) in [4.78, 5) is 16.9. The van der Waals surface area contributed by atoms with Gasteiger partial charge >= 0.3 is 0 Å². The first-order valence-electron chi connectivity index (χ1n) is 8.76. The van der Waals surface area contributed by atoms with Crippen LogP contribution in [0, 0.1) is 0 Å². The lowest BCUT2D eigenvalue weighted by Crippen LogP contribution is -2.25. The van der Waals surface area contributed by atoms with Crippen molar-refractivity contribution in [2.45, 2.75) is 26.3 Å². The third-order valence-corrected chi connectivity index (χ3v) is 5.07. The molecular formula is C21H22N2O3S. The molecule has 0 radical (unpaired) electrons. The fourth-order valence-electron chi connectivity index (χ4n) is 2.55. The molecule has 0 fully saturated rings. The van der Waals surface area contributed by atoms with E-state index in [1.165, 1.54) is 11.3 Å². The zero-order chi connectivity index (χ0) is 19.2. The van der Waals surface area contributed by atoms with Crippen LogP contribution in [0.1, 0.15) is 31.9 Å². The molecule has 1 N–H and O–H groups in total. The summed E-state index contributed by atoms with van der Waals surface area (Å²) in [6.45, 7) is 3.83. The smallest absolute Gasteiger partial charge is 0.279 e. The van der Waals surface area contributed by atoms with Crippen LogP contribution in [0.15, 0.2) is 54.7 Å². The molecule has 1 unspecified atom stereocenters. The van der Waals surface area contributed by atoms with Gasteiger partial charge in [0.1, 0.15) is 11.5 Å². The van der Waals surface area contributed by atoms with Crippen LogP contribution in [0.5, 0.6) is 16.7 Å². The first-order chi connectivity index (χ1) is 13.1. The zero-order valence-electron chi connectivity index (χ0n) is 15.6.